The molecule has 2 heterocycles. The monoisotopic (exact) mass is 369 g/mol. The molecule has 2 aliphatic heterocycles. The second-order valence-electron chi connectivity index (χ2n) is 7.86. The number of likely N-dealkylation sites (tertiary alicyclic amines) is 1. The molecular formula is C19H35N3O4. The molecule has 0 amide bonds. The molecule has 0 aromatic rings. The fourth-order valence-electron chi connectivity index (χ4n) is 4.43. The van der Waals surface area contributed by atoms with Crippen LogP contribution in [0, 0.1) is 0 Å². The largest absolute Gasteiger partial charge is 0.473 e. The smallest absolute Gasteiger partial charge is 0.414 e. The molecule has 0 bridgehead atoms. The summed E-state index contributed by atoms with van der Waals surface area (Å²) in [5.74, 6) is -3.65. The molecule has 0 radical (unpaired) electrons. The average molecular weight is 370 g/mol. The first-order chi connectivity index (χ1) is 12.5. The highest BCUT2D eigenvalue weighted by Gasteiger charge is 2.29. The van der Waals surface area contributed by atoms with E-state index in [4.69, 9.17) is 19.8 Å². The molecule has 7 nitrogen and oxygen atoms in total. The second-order valence-corrected chi connectivity index (χ2v) is 7.86. The summed E-state index contributed by atoms with van der Waals surface area (Å²) in [6, 6.07) is 1.80. The van der Waals surface area contributed by atoms with Crippen molar-refractivity contribution in [3.05, 3.63) is 0 Å². The number of hydrogen-bond donors (Lipinski definition) is 2. The first-order valence-corrected chi connectivity index (χ1v) is 10.1. The lowest BCUT2D eigenvalue weighted by molar-refractivity contribution is -0.159. The van der Waals surface area contributed by atoms with Crippen LogP contribution in [0.5, 0.6) is 0 Å². The molecule has 3 rings (SSSR count). The van der Waals surface area contributed by atoms with Gasteiger partial charge in [0.05, 0.1) is 0 Å². The third-order valence-electron chi connectivity index (χ3n) is 6.08. The number of aliphatic carboxylic acids is 2. The number of nitrogens with zero attached hydrogens (tertiary/aromatic N) is 3. The van der Waals surface area contributed by atoms with Gasteiger partial charge in [-0.05, 0) is 45.8 Å². The van der Waals surface area contributed by atoms with Crippen molar-refractivity contribution in [2.45, 2.75) is 63.5 Å². The summed E-state index contributed by atoms with van der Waals surface area (Å²) >= 11 is 0. The van der Waals surface area contributed by atoms with Crippen LogP contribution in [0.2, 0.25) is 0 Å². The molecule has 3 aliphatic rings. The number of carboxylic acid groups (broad SMARTS) is 2. The molecule has 3 fully saturated rings. The van der Waals surface area contributed by atoms with E-state index in [1.165, 1.54) is 90.6 Å². The van der Waals surface area contributed by atoms with Crippen LogP contribution in [0.4, 0.5) is 0 Å². The van der Waals surface area contributed by atoms with Gasteiger partial charge in [-0.15, -0.1) is 0 Å². The average Bonchev–Trinajstić information content (AvgIpc) is 2.92. The van der Waals surface area contributed by atoms with E-state index >= 15 is 0 Å². The van der Waals surface area contributed by atoms with Gasteiger partial charge in [0.25, 0.3) is 0 Å². The molecule has 0 atom stereocenters. The number of hydrogen-bond acceptors (Lipinski definition) is 5. The van der Waals surface area contributed by atoms with Gasteiger partial charge in [0.15, 0.2) is 0 Å². The van der Waals surface area contributed by atoms with Gasteiger partial charge in [-0.25, -0.2) is 9.59 Å². The van der Waals surface area contributed by atoms with Crippen molar-refractivity contribution in [1.82, 2.24) is 14.7 Å². The Morgan fingerprint density at radius 2 is 1.08 bits per heavy atom. The Morgan fingerprint density at radius 1 is 0.654 bits per heavy atom. The normalized spacial score (nSPS) is 25.1. The highest BCUT2D eigenvalue weighted by atomic mass is 16.4. The lowest BCUT2D eigenvalue weighted by atomic mass is 9.98. The summed E-state index contributed by atoms with van der Waals surface area (Å²) in [4.78, 5) is 26.3. The van der Waals surface area contributed by atoms with E-state index in [1.807, 2.05) is 0 Å². The number of piperazine rings is 1. The Kier molecular flexibility index (Phi) is 8.81. The van der Waals surface area contributed by atoms with Crippen LogP contribution in [-0.2, 0) is 9.59 Å². The highest BCUT2D eigenvalue weighted by molar-refractivity contribution is 6.27. The van der Waals surface area contributed by atoms with Gasteiger partial charge in [0, 0.05) is 38.3 Å². The van der Waals surface area contributed by atoms with Crippen molar-refractivity contribution in [2.75, 3.05) is 46.3 Å². The number of piperidine rings is 1. The minimum atomic E-state index is -1.82. The Labute approximate surface area is 156 Å². The molecule has 7 heteroatoms. The van der Waals surface area contributed by atoms with Gasteiger partial charge < -0.3 is 20.0 Å². The predicted octanol–water partition coefficient (Wildman–Crippen LogP) is 1.58. The van der Waals surface area contributed by atoms with Gasteiger partial charge in [-0.3, -0.25) is 4.90 Å². The highest BCUT2D eigenvalue weighted by Crippen LogP contribution is 2.26. The molecule has 0 unspecified atom stereocenters. The maximum atomic E-state index is 9.10. The first-order valence-electron chi connectivity index (χ1n) is 10.1. The van der Waals surface area contributed by atoms with Crippen LogP contribution < -0.4 is 0 Å². The van der Waals surface area contributed by atoms with E-state index in [0.29, 0.717) is 0 Å². The van der Waals surface area contributed by atoms with Gasteiger partial charge in [0.1, 0.15) is 0 Å². The molecule has 26 heavy (non-hydrogen) atoms. The SMILES string of the molecule is CN1CCN(C2CCN(C3CCCCCC3)CC2)CC1.O=C(O)C(=O)O. The predicted molar refractivity (Wildman–Crippen MR) is 100 cm³/mol. The van der Waals surface area contributed by atoms with E-state index in [0.717, 1.165) is 12.1 Å². The van der Waals surface area contributed by atoms with Crippen molar-refractivity contribution in [2.24, 2.45) is 0 Å². The number of carbonyl (C=O) groups is 2. The summed E-state index contributed by atoms with van der Waals surface area (Å²) in [5, 5.41) is 14.8. The number of likely N-dealkylation sites (N-methyl/N-ethyl adjacent to an activating group) is 1. The van der Waals surface area contributed by atoms with E-state index < -0.39 is 11.9 Å². The standard InChI is InChI=1S/C17H33N3.C2H2O4/c1-18-12-14-20(15-13-18)17-8-10-19(11-9-17)16-6-4-2-3-5-7-16;3-1(4)2(5)6/h16-17H,2-15H2,1H3;(H,3,4)(H,5,6). The minimum Gasteiger partial charge on any atom is -0.473 e. The lowest BCUT2D eigenvalue weighted by Gasteiger charge is -2.44. The van der Waals surface area contributed by atoms with Crippen LogP contribution in [0.3, 0.4) is 0 Å². The van der Waals surface area contributed by atoms with E-state index in [1.54, 1.807) is 0 Å². The zero-order chi connectivity index (χ0) is 18.9. The van der Waals surface area contributed by atoms with Crippen LogP contribution in [0.25, 0.3) is 0 Å². The Morgan fingerprint density at radius 3 is 1.54 bits per heavy atom. The van der Waals surface area contributed by atoms with E-state index in [9.17, 15) is 0 Å². The molecule has 150 valence electrons. The van der Waals surface area contributed by atoms with Crippen LogP contribution >= 0.6 is 0 Å². The second kappa shape index (κ2) is 10.8. The Bertz CT molecular complexity index is 424. The maximum Gasteiger partial charge on any atom is 0.414 e. The Balaban J connectivity index is 0.000000352. The van der Waals surface area contributed by atoms with Crippen LogP contribution in [0.1, 0.15) is 51.4 Å². The third-order valence-corrected chi connectivity index (χ3v) is 6.08. The Hall–Kier alpha value is -1.18. The zero-order valence-corrected chi connectivity index (χ0v) is 16.1. The maximum absolute atomic E-state index is 9.10. The van der Waals surface area contributed by atoms with E-state index in [-0.39, 0.29) is 0 Å². The topological polar surface area (TPSA) is 84.3 Å². The lowest BCUT2D eigenvalue weighted by Crippen LogP contribution is -2.53. The summed E-state index contributed by atoms with van der Waals surface area (Å²) in [6.45, 7) is 7.85. The third kappa shape index (κ3) is 6.85. The van der Waals surface area contributed by atoms with Crippen LogP contribution in [0.15, 0.2) is 0 Å². The molecular weight excluding hydrogens is 334 g/mol. The van der Waals surface area contributed by atoms with E-state index in [2.05, 4.69) is 21.7 Å². The summed E-state index contributed by atoms with van der Waals surface area (Å²) < 4.78 is 0. The van der Waals surface area contributed by atoms with Crippen molar-refractivity contribution >= 4 is 11.9 Å². The van der Waals surface area contributed by atoms with Crippen molar-refractivity contribution in [3.63, 3.8) is 0 Å². The molecule has 0 spiro atoms. The fraction of sp³-hybridized carbons (Fsp3) is 0.895. The zero-order valence-electron chi connectivity index (χ0n) is 16.1. The van der Waals surface area contributed by atoms with Gasteiger partial charge in [-0.1, -0.05) is 25.7 Å². The summed E-state index contributed by atoms with van der Waals surface area (Å²) in [5.41, 5.74) is 0. The fourth-order valence-corrected chi connectivity index (χ4v) is 4.43. The summed E-state index contributed by atoms with van der Waals surface area (Å²) in [6.07, 6.45) is 11.7. The molecule has 0 aromatic heterocycles. The van der Waals surface area contributed by atoms with Gasteiger partial charge >= 0.3 is 11.9 Å². The number of carboxylic acids is 2. The summed E-state index contributed by atoms with van der Waals surface area (Å²) in [7, 11) is 2.26. The van der Waals surface area contributed by atoms with Crippen molar-refractivity contribution in [3.8, 4) is 0 Å². The first kappa shape index (κ1) is 21.1. The molecule has 1 aliphatic carbocycles. The number of rotatable bonds is 2. The molecule has 2 N–H and O–H groups in total. The van der Waals surface area contributed by atoms with Gasteiger partial charge in [0.2, 0.25) is 0 Å². The molecule has 2 saturated heterocycles. The quantitative estimate of drug-likeness (QED) is 0.565. The minimum absolute atomic E-state index is 0.880. The van der Waals surface area contributed by atoms with Gasteiger partial charge in [-0.2, -0.15) is 0 Å². The van der Waals surface area contributed by atoms with Crippen LogP contribution in [-0.4, -0.2) is 95.3 Å². The molecule has 0 aromatic carbocycles. The van der Waals surface area contributed by atoms with Crippen molar-refractivity contribution < 1.29 is 19.8 Å². The van der Waals surface area contributed by atoms with Crippen molar-refractivity contribution in [1.29, 1.82) is 0 Å². The molecule has 1 saturated carbocycles.